The highest BCUT2D eigenvalue weighted by Gasteiger charge is 2.20. The first-order chi connectivity index (χ1) is 33.0. The number of aliphatic hydroxyl groups is 2. The fraction of sp³-hybridized carbons (Fsp3) is 0.934. The molecule has 0 heterocycles. The van der Waals surface area contributed by atoms with E-state index in [1.54, 1.807) is 0 Å². The molecule has 6 heteroatoms. The van der Waals surface area contributed by atoms with Crippen molar-refractivity contribution in [2.75, 3.05) is 13.2 Å². The third kappa shape index (κ3) is 53.8. The third-order valence-corrected chi connectivity index (χ3v) is 14.3. The Kier molecular flexibility index (Phi) is 56.0. The molecule has 0 saturated heterocycles. The molecule has 0 aliphatic carbocycles. The summed E-state index contributed by atoms with van der Waals surface area (Å²) in [6, 6.07) is -0.538. The lowest BCUT2D eigenvalue weighted by Crippen LogP contribution is -2.45. The summed E-state index contributed by atoms with van der Waals surface area (Å²) in [6.45, 7) is 4.93. The SMILES string of the molecule is CCCC/C=C\CCCCCCCC(=O)OCCCCCCCCCCCCCCCCCCCCCCCCCCCCC(=O)NC(CO)C(O)CCCCCCCCCCCCCCC. The lowest BCUT2D eigenvalue weighted by atomic mass is 10.0. The van der Waals surface area contributed by atoms with Gasteiger partial charge in [0, 0.05) is 12.8 Å². The summed E-state index contributed by atoms with van der Waals surface area (Å²) >= 11 is 0. The van der Waals surface area contributed by atoms with E-state index < -0.39 is 12.1 Å². The molecule has 0 aliphatic rings. The van der Waals surface area contributed by atoms with E-state index in [0.29, 0.717) is 25.9 Å². The number of carbonyl (C=O) groups excluding carboxylic acids is 2. The number of amides is 1. The molecule has 0 radical (unpaired) electrons. The Balaban J connectivity index is 3.34. The number of hydrogen-bond donors (Lipinski definition) is 3. The molecule has 2 atom stereocenters. The zero-order chi connectivity index (χ0) is 48.6. The zero-order valence-electron chi connectivity index (χ0n) is 45.4. The van der Waals surface area contributed by atoms with E-state index in [2.05, 4.69) is 31.3 Å². The van der Waals surface area contributed by atoms with Crippen molar-refractivity contribution in [2.45, 2.75) is 353 Å². The topological polar surface area (TPSA) is 95.9 Å². The largest absolute Gasteiger partial charge is 0.466 e. The van der Waals surface area contributed by atoms with Crippen molar-refractivity contribution in [3.63, 3.8) is 0 Å². The second-order valence-corrected chi connectivity index (χ2v) is 21.0. The van der Waals surface area contributed by atoms with Crippen LogP contribution in [0.2, 0.25) is 0 Å². The lowest BCUT2D eigenvalue weighted by molar-refractivity contribution is -0.143. The lowest BCUT2D eigenvalue weighted by Gasteiger charge is -2.22. The molecule has 0 aromatic rings. The number of allylic oxidation sites excluding steroid dienone is 2. The maximum absolute atomic E-state index is 12.5. The Bertz CT molecular complexity index is 1000. The van der Waals surface area contributed by atoms with Crippen molar-refractivity contribution in [2.24, 2.45) is 0 Å². The first-order valence-electron chi connectivity index (χ1n) is 30.4. The monoisotopic (exact) mass is 946 g/mol. The van der Waals surface area contributed by atoms with Gasteiger partial charge in [-0.15, -0.1) is 0 Å². The third-order valence-electron chi connectivity index (χ3n) is 14.3. The molecule has 0 aromatic carbocycles. The summed E-state index contributed by atoms with van der Waals surface area (Å²) in [5.74, 6) is -0.0247. The van der Waals surface area contributed by atoms with Crippen molar-refractivity contribution < 1.29 is 24.5 Å². The van der Waals surface area contributed by atoms with E-state index in [-0.39, 0.29) is 18.5 Å². The molecule has 0 aliphatic heterocycles. The highest BCUT2D eigenvalue weighted by atomic mass is 16.5. The summed E-state index contributed by atoms with van der Waals surface area (Å²) in [7, 11) is 0. The first kappa shape index (κ1) is 65.6. The molecule has 0 rings (SSSR count). The van der Waals surface area contributed by atoms with Gasteiger partial charge in [-0.3, -0.25) is 9.59 Å². The molecule has 0 spiro atoms. The van der Waals surface area contributed by atoms with Crippen molar-refractivity contribution in [3.05, 3.63) is 12.2 Å². The molecule has 0 bridgehead atoms. The highest BCUT2D eigenvalue weighted by molar-refractivity contribution is 5.76. The van der Waals surface area contributed by atoms with Crippen LogP contribution in [0.25, 0.3) is 0 Å². The molecule has 1 amide bonds. The molecule has 0 saturated carbocycles. The number of nitrogens with one attached hydrogen (secondary N) is 1. The van der Waals surface area contributed by atoms with Gasteiger partial charge in [0.05, 0.1) is 25.4 Å². The molecule has 0 fully saturated rings. The van der Waals surface area contributed by atoms with E-state index in [1.807, 2.05) is 0 Å². The quantitative estimate of drug-likeness (QED) is 0.0321. The summed E-state index contributed by atoms with van der Waals surface area (Å²) in [5.41, 5.74) is 0. The van der Waals surface area contributed by atoms with Gasteiger partial charge in [0.15, 0.2) is 0 Å². The highest BCUT2D eigenvalue weighted by Crippen LogP contribution is 2.18. The minimum atomic E-state index is -0.661. The van der Waals surface area contributed by atoms with Crippen LogP contribution in [-0.2, 0) is 14.3 Å². The van der Waals surface area contributed by atoms with Gasteiger partial charge in [-0.05, 0) is 44.9 Å². The Labute approximate surface area is 419 Å². The molecule has 398 valence electrons. The number of esters is 1. The van der Waals surface area contributed by atoms with E-state index in [1.165, 1.54) is 263 Å². The molecule has 0 aromatic heterocycles. The van der Waals surface area contributed by atoms with Gasteiger partial charge < -0.3 is 20.3 Å². The predicted octanol–water partition coefficient (Wildman–Crippen LogP) is 18.9. The van der Waals surface area contributed by atoms with Crippen LogP contribution in [-0.4, -0.2) is 47.4 Å². The Hall–Kier alpha value is -1.40. The van der Waals surface area contributed by atoms with Gasteiger partial charge >= 0.3 is 5.97 Å². The van der Waals surface area contributed by atoms with Crippen LogP contribution >= 0.6 is 0 Å². The molecule has 3 N–H and O–H groups in total. The van der Waals surface area contributed by atoms with Crippen LogP contribution in [0.5, 0.6) is 0 Å². The van der Waals surface area contributed by atoms with Crippen LogP contribution in [0.4, 0.5) is 0 Å². The van der Waals surface area contributed by atoms with Gasteiger partial charge in [0.25, 0.3) is 0 Å². The number of unbranched alkanes of at least 4 members (excludes halogenated alkanes) is 44. The number of aliphatic hydroxyl groups excluding tert-OH is 2. The summed E-state index contributed by atoms with van der Waals surface area (Å²) in [4.78, 5) is 24.5. The average Bonchev–Trinajstić information content (AvgIpc) is 3.33. The molecular formula is C61H119NO5. The van der Waals surface area contributed by atoms with Crippen molar-refractivity contribution in [3.8, 4) is 0 Å². The van der Waals surface area contributed by atoms with E-state index in [0.717, 1.165) is 44.9 Å². The fourth-order valence-corrected chi connectivity index (χ4v) is 9.62. The van der Waals surface area contributed by atoms with Gasteiger partial charge in [-0.2, -0.15) is 0 Å². The Morgan fingerprint density at radius 3 is 1.10 bits per heavy atom. The second kappa shape index (κ2) is 57.2. The number of hydrogen-bond acceptors (Lipinski definition) is 5. The van der Waals surface area contributed by atoms with Crippen molar-refractivity contribution in [1.29, 1.82) is 0 Å². The Morgan fingerprint density at radius 1 is 0.403 bits per heavy atom. The first-order valence-corrected chi connectivity index (χ1v) is 30.4. The minimum absolute atomic E-state index is 0.00653. The molecule has 67 heavy (non-hydrogen) atoms. The standard InChI is InChI=1S/C61H119NO5/c1-3-5-7-9-11-13-15-30-34-37-41-45-49-53-59(64)58(57-63)62-60(65)54-50-46-42-38-35-31-28-26-24-22-20-18-16-17-19-21-23-25-27-29-32-36-40-44-48-52-56-67-61(66)55-51-47-43-39-33-14-12-10-8-6-4-2/h10,12,58-59,63-64H,3-9,11,13-57H2,1-2H3,(H,62,65)/b12-10-. The summed E-state index contributed by atoms with van der Waals surface area (Å²) in [5, 5.41) is 23.2. The fourth-order valence-electron chi connectivity index (χ4n) is 9.62. The maximum atomic E-state index is 12.5. The van der Waals surface area contributed by atoms with Gasteiger partial charge in [0.1, 0.15) is 0 Å². The maximum Gasteiger partial charge on any atom is 0.305 e. The van der Waals surface area contributed by atoms with Crippen molar-refractivity contribution in [1.82, 2.24) is 5.32 Å². The van der Waals surface area contributed by atoms with Crippen LogP contribution < -0.4 is 5.32 Å². The number of rotatable bonds is 57. The average molecular weight is 947 g/mol. The number of ether oxygens (including phenoxy) is 1. The van der Waals surface area contributed by atoms with Gasteiger partial charge in [-0.1, -0.05) is 296 Å². The normalized spacial score (nSPS) is 12.6. The smallest absolute Gasteiger partial charge is 0.305 e. The van der Waals surface area contributed by atoms with E-state index in [9.17, 15) is 19.8 Å². The zero-order valence-corrected chi connectivity index (χ0v) is 45.4. The Morgan fingerprint density at radius 2 is 0.716 bits per heavy atom. The van der Waals surface area contributed by atoms with Crippen LogP contribution in [0.15, 0.2) is 12.2 Å². The molecule has 6 nitrogen and oxygen atoms in total. The summed E-state index contributed by atoms with van der Waals surface area (Å²) < 4.78 is 5.46. The van der Waals surface area contributed by atoms with Crippen LogP contribution in [0.3, 0.4) is 0 Å². The molecular weight excluding hydrogens is 827 g/mol. The predicted molar refractivity (Wildman–Crippen MR) is 292 cm³/mol. The van der Waals surface area contributed by atoms with E-state index >= 15 is 0 Å². The second-order valence-electron chi connectivity index (χ2n) is 21.0. The van der Waals surface area contributed by atoms with Crippen LogP contribution in [0.1, 0.15) is 341 Å². The van der Waals surface area contributed by atoms with Crippen LogP contribution in [0, 0.1) is 0 Å². The minimum Gasteiger partial charge on any atom is -0.466 e. The van der Waals surface area contributed by atoms with E-state index in [4.69, 9.17) is 4.74 Å². The molecule has 2 unspecified atom stereocenters. The summed E-state index contributed by atoms with van der Waals surface area (Å²) in [6.07, 6.45) is 68.0. The van der Waals surface area contributed by atoms with Crippen molar-refractivity contribution >= 4 is 11.9 Å². The van der Waals surface area contributed by atoms with Gasteiger partial charge in [0.2, 0.25) is 5.91 Å². The van der Waals surface area contributed by atoms with Gasteiger partial charge in [-0.25, -0.2) is 0 Å². The number of carbonyl (C=O) groups is 2.